The molecule has 0 amide bonds. The number of rotatable bonds is 4. The van der Waals surface area contributed by atoms with E-state index in [1.807, 2.05) is 0 Å². The van der Waals surface area contributed by atoms with Gasteiger partial charge in [-0.2, -0.15) is 0 Å². The predicted octanol–water partition coefficient (Wildman–Crippen LogP) is 3.99. The van der Waals surface area contributed by atoms with E-state index in [0.29, 0.717) is 0 Å². The number of carbonyl (C=O) groups is 1. The molecule has 0 bridgehead atoms. The van der Waals surface area contributed by atoms with Crippen molar-refractivity contribution >= 4 is 28.9 Å². The Morgan fingerprint density at radius 1 is 1.50 bits per heavy atom. The van der Waals surface area contributed by atoms with E-state index in [1.165, 1.54) is 26.0 Å². The lowest BCUT2D eigenvalue weighted by Crippen LogP contribution is -2.30. The summed E-state index contributed by atoms with van der Waals surface area (Å²) in [4.78, 5) is 10.6. The molecule has 1 aromatic rings. The first-order valence-electron chi connectivity index (χ1n) is 4.52. The Kier molecular flexibility index (Phi) is 3.59. The van der Waals surface area contributed by atoms with Gasteiger partial charge in [-0.05, 0) is 26.0 Å². The standard InChI is InChI=1S/C10H11ClF2O2S/c1-9(2,8(14)15)5-10(12,13)6-3-4-7(11)16-6/h3-4H,5H2,1-2H3,(H,14,15). The SMILES string of the molecule is CC(C)(CC(F)(F)c1ccc(Cl)s1)C(=O)O. The van der Waals surface area contributed by atoms with Crippen molar-refractivity contribution in [2.24, 2.45) is 5.41 Å². The molecular formula is C10H11ClF2O2S. The molecule has 0 atom stereocenters. The van der Waals surface area contributed by atoms with Gasteiger partial charge >= 0.3 is 5.97 Å². The van der Waals surface area contributed by atoms with Crippen LogP contribution in [0.3, 0.4) is 0 Å². The molecule has 2 nitrogen and oxygen atoms in total. The molecule has 1 N–H and O–H groups in total. The fraction of sp³-hybridized carbons (Fsp3) is 0.500. The Morgan fingerprint density at radius 3 is 2.44 bits per heavy atom. The predicted molar refractivity (Wildman–Crippen MR) is 59.3 cm³/mol. The highest BCUT2D eigenvalue weighted by Gasteiger charge is 2.43. The Labute approximate surface area is 101 Å². The molecule has 1 heterocycles. The lowest BCUT2D eigenvalue weighted by molar-refractivity contribution is -0.153. The van der Waals surface area contributed by atoms with Crippen LogP contribution in [0.5, 0.6) is 0 Å². The fourth-order valence-corrected chi connectivity index (χ4v) is 2.24. The molecule has 0 fully saturated rings. The molecule has 0 radical (unpaired) electrons. The molecule has 6 heteroatoms. The summed E-state index contributed by atoms with van der Waals surface area (Å²) in [6, 6.07) is 2.61. The van der Waals surface area contributed by atoms with Gasteiger partial charge in [0.15, 0.2) is 0 Å². The van der Waals surface area contributed by atoms with Gasteiger partial charge in [0, 0.05) is 6.42 Å². The van der Waals surface area contributed by atoms with E-state index in [0.717, 1.165) is 11.3 Å². The Balaban J connectivity index is 2.91. The molecule has 1 aromatic heterocycles. The molecule has 90 valence electrons. The number of hydrogen-bond acceptors (Lipinski definition) is 2. The van der Waals surface area contributed by atoms with Gasteiger partial charge in [0.25, 0.3) is 5.92 Å². The van der Waals surface area contributed by atoms with E-state index in [1.54, 1.807) is 0 Å². The Morgan fingerprint density at radius 2 is 2.06 bits per heavy atom. The smallest absolute Gasteiger partial charge is 0.309 e. The van der Waals surface area contributed by atoms with Crippen molar-refractivity contribution in [3.63, 3.8) is 0 Å². The number of thiophene rings is 1. The summed E-state index contributed by atoms with van der Waals surface area (Å²) in [5.74, 6) is -4.41. The van der Waals surface area contributed by atoms with E-state index in [9.17, 15) is 13.6 Å². The van der Waals surface area contributed by atoms with Crippen molar-refractivity contribution in [1.82, 2.24) is 0 Å². The summed E-state index contributed by atoms with van der Waals surface area (Å²) >= 11 is 6.34. The largest absolute Gasteiger partial charge is 0.481 e. The van der Waals surface area contributed by atoms with E-state index in [2.05, 4.69) is 0 Å². The first-order chi connectivity index (χ1) is 7.15. The number of carboxylic acids is 1. The number of halogens is 3. The number of aliphatic carboxylic acids is 1. The highest BCUT2D eigenvalue weighted by molar-refractivity contribution is 7.16. The molecule has 0 saturated carbocycles. The normalized spacial score (nSPS) is 12.8. The topological polar surface area (TPSA) is 37.3 Å². The summed E-state index contributed by atoms with van der Waals surface area (Å²) in [5.41, 5.74) is -1.47. The number of alkyl halides is 2. The van der Waals surface area contributed by atoms with Crippen molar-refractivity contribution < 1.29 is 18.7 Å². The minimum absolute atomic E-state index is 0.202. The zero-order valence-electron chi connectivity index (χ0n) is 8.76. The molecule has 0 unspecified atom stereocenters. The average molecular weight is 269 g/mol. The monoisotopic (exact) mass is 268 g/mol. The lowest BCUT2D eigenvalue weighted by Gasteiger charge is -2.24. The van der Waals surface area contributed by atoms with Crippen LogP contribution >= 0.6 is 22.9 Å². The van der Waals surface area contributed by atoms with Gasteiger partial charge in [-0.3, -0.25) is 4.79 Å². The third kappa shape index (κ3) is 2.92. The van der Waals surface area contributed by atoms with E-state index < -0.39 is 23.7 Å². The summed E-state index contributed by atoms with van der Waals surface area (Å²) in [5, 5.41) is 8.80. The van der Waals surface area contributed by atoms with Crippen molar-refractivity contribution in [3.05, 3.63) is 21.3 Å². The molecule has 0 aliphatic rings. The molecule has 16 heavy (non-hydrogen) atoms. The second kappa shape index (κ2) is 4.30. The minimum atomic E-state index is -3.17. The third-order valence-corrected chi connectivity index (χ3v) is 3.52. The second-order valence-corrected chi connectivity index (χ2v) is 5.89. The van der Waals surface area contributed by atoms with Gasteiger partial charge in [0.05, 0.1) is 14.6 Å². The second-order valence-electron chi connectivity index (χ2n) is 4.17. The third-order valence-electron chi connectivity index (χ3n) is 2.18. The molecule has 1 rings (SSSR count). The van der Waals surface area contributed by atoms with Gasteiger partial charge in [-0.1, -0.05) is 11.6 Å². The van der Waals surface area contributed by atoms with E-state index >= 15 is 0 Å². The van der Waals surface area contributed by atoms with E-state index in [4.69, 9.17) is 16.7 Å². The maximum atomic E-state index is 13.7. The molecule has 0 saturated heterocycles. The zero-order chi connectivity index (χ0) is 12.6. The molecule has 0 spiro atoms. The highest BCUT2D eigenvalue weighted by Crippen LogP contribution is 2.43. The van der Waals surface area contributed by atoms with Crippen LogP contribution in [0.4, 0.5) is 8.78 Å². The Hall–Kier alpha value is -0.680. The number of carboxylic acid groups (broad SMARTS) is 1. The summed E-state index contributed by atoms with van der Waals surface area (Å²) < 4.78 is 27.7. The summed E-state index contributed by atoms with van der Waals surface area (Å²) in [6.45, 7) is 2.55. The van der Waals surface area contributed by atoms with Crippen LogP contribution < -0.4 is 0 Å². The van der Waals surface area contributed by atoms with Crippen molar-refractivity contribution in [2.45, 2.75) is 26.2 Å². The molecule has 0 aliphatic heterocycles. The minimum Gasteiger partial charge on any atom is -0.481 e. The van der Waals surface area contributed by atoms with Crippen LogP contribution in [0.2, 0.25) is 4.34 Å². The molecular weight excluding hydrogens is 258 g/mol. The fourth-order valence-electron chi connectivity index (χ4n) is 1.23. The zero-order valence-corrected chi connectivity index (χ0v) is 10.3. The maximum Gasteiger partial charge on any atom is 0.309 e. The van der Waals surface area contributed by atoms with Crippen molar-refractivity contribution in [2.75, 3.05) is 0 Å². The van der Waals surface area contributed by atoms with Gasteiger partial charge in [0.1, 0.15) is 0 Å². The quantitative estimate of drug-likeness (QED) is 0.896. The van der Waals surface area contributed by atoms with Crippen LogP contribution in [0, 0.1) is 5.41 Å². The van der Waals surface area contributed by atoms with Gasteiger partial charge < -0.3 is 5.11 Å². The summed E-state index contributed by atoms with van der Waals surface area (Å²) in [6.07, 6.45) is -0.744. The van der Waals surface area contributed by atoms with Crippen LogP contribution in [-0.4, -0.2) is 11.1 Å². The first-order valence-corrected chi connectivity index (χ1v) is 5.72. The summed E-state index contributed by atoms with van der Waals surface area (Å²) in [7, 11) is 0. The van der Waals surface area contributed by atoms with Gasteiger partial charge in [-0.25, -0.2) is 8.78 Å². The van der Waals surface area contributed by atoms with E-state index in [-0.39, 0.29) is 9.21 Å². The van der Waals surface area contributed by atoms with Crippen LogP contribution in [-0.2, 0) is 10.7 Å². The number of hydrogen-bond donors (Lipinski definition) is 1. The van der Waals surface area contributed by atoms with Crippen LogP contribution in [0.15, 0.2) is 12.1 Å². The first kappa shape index (κ1) is 13.4. The lowest BCUT2D eigenvalue weighted by atomic mass is 9.86. The van der Waals surface area contributed by atoms with Crippen molar-refractivity contribution in [3.8, 4) is 0 Å². The van der Waals surface area contributed by atoms with Crippen LogP contribution in [0.25, 0.3) is 0 Å². The maximum absolute atomic E-state index is 13.7. The Bertz CT molecular complexity index is 401. The molecule has 0 aromatic carbocycles. The highest BCUT2D eigenvalue weighted by atomic mass is 35.5. The molecule has 0 aliphatic carbocycles. The van der Waals surface area contributed by atoms with Crippen molar-refractivity contribution in [1.29, 1.82) is 0 Å². The van der Waals surface area contributed by atoms with Crippen LogP contribution in [0.1, 0.15) is 25.1 Å². The van der Waals surface area contributed by atoms with Gasteiger partial charge in [-0.15, -0.1) is 11.3 Å². The van der Waals surface area contributed by atoms with Gasteiger partial charge in [0.2, 0.25) is 0 Å². The average Bonchev–Trinajstić information content (AvgIpc) is 2.50.